The molecule has 6 nitrogen and oxygen atoms in total. The molecule has 1 aromatic carbocycles. The summed E-state index contributed by atoms with van der Waals surface area (Å²) in [4.78, 5) is 31.7. The average Bonchev–Trinajstić information content (AvgIpc) is 3.51. The van der Waals surface area contributed by atoms with Crippen LogP contribution in [0.2, 0.25) is 0 Å². The number of hydrogen-bond donors (Lipinski definition) is 3. The lowest BCUT2D eigenvalue weighted by Gasteiger charge is -2.12. The van der Waals surface area contributed by atoms with Crippen LogP contribution in [0.25, 0.3) is 0 Å². The van der Waals surface area contributed by atoms with E-state index < -0.39 is 0 Å². The molecule has 0 radical (unpaired) electrons. The number of nitrogens with zero attached hydrogens (tertiary/aromatic N) is 1. The fraction of sp³-hybridized carbons (Fsp3) is 0.0870. The van der Waals surface area contributed by atoms with E-state index in [0.29, 0.717) is 35.7 Å². The molecule has 156 valence electrons. The molecule has 4 aromatic rings. The lowest BCUT2D eigenvalue weighted by atomic mass is 10.1. The highest BCUT2D eigenvalue weighted by Gasteiger charge is 2.13. The third-order valence-electron chi connectivity index (χ3n) is 4.45. The lowest BCUT2D eigenvalue weighted by molar-refractivity contribution is 0.0943. The van der Waals surface area contributed by atoms with Gasteiger partial charge in [0.1, 0.15) is 5.82 Å². The highest BCUT2D eigenvalue weighted by Crippen LogP contribution is 2.20. The van der Waals surface area contributed by atoms with Crippen LogP contribution in [0.3, 0.4) is 0 Å². The van der Waals surface area contributed by atoms with Crippen LogP contribution in [0.15, 0.2) is 77.6 Å². The zero-order valence-electron chi connectivity index (χ0n) is 16.5. The van der Waals surface area contributed by atoms with Crippen LogP contribution in [0.1, 0.15) is 30.5 Å². The van der Waals surface area contributed by atoms with Crippen molar-refractivity contribution in [1.82, 2.24) is 15.6 Å². The minimum absolute atomic E-state index is 0.160. The van der Waals surface area contributed by atoms with Gasteiger partial charge in [0.05, 0.1) is 18.7 Å². The van der Waals surface area contributed by atoms with Crippen molar-refractivity contribution in [2.24, 2.45) is 0 Å². The number of anilines is 2. The first-order valence-electron chi connectivity index (χ1n) is 9.62. The summed E-state index contributed by atoms with van der Waals surface area (Å²) in [7, 11) is 0. The number of pyridine rings is 1. The molecule has 0 saturated carbocycles. The van der Waals surface area contributed by atoms with Gasteiger partial charge in [0.15, 0.2) is 0 Å². The maximum Gasteiger partial charge on any atom is 0.255 e. The molecule has 3 heterocycles. The van der Waals surface area contributed by atoms with Crippen LogP contribution in [-0.4, -0.2) is 16.8 Å². The van der Waals surface area contributed by atoms with Crippen molar-refractivity contribution in [2.45, 2.75) is 13.1 Å². The zero-order chi connectivity index (χ0) is 21.5. The van der Waals surface area contributed by atoms with Gasteiger partial charge in [-0.1, -0.05) is 18.2 Å². The van der Waals surface area contributed by atoms with E-state index in [1.54, 1.807) is 59.2 Å². The molecule has 0 fully saturated rings. The molecular formula is C23H20N4O2S2. The number of benzene rings is 1. The van der Waals surface area contributed by atoms with Gasteiger partial charge in [-0.3, -0.25) is 9.59 Å². The first-order valence-corrected chi connectivity index (χ1v) is 11.4. The predicted octanol–water partition coefficient (Wildman–Crippen LogP) is 4.81. The van der Waals surface area contributed by atoms with Gasteiger partial charge >= 0.3 is 0 Å². The van der Waals surface area contributed by atoms with Crippen molar-refractivity contribution in [2.75, 3.05) is 5.32 Å². The molecule has 8 heteroatoms. The Kier molecular flexibility index (Phi) is 6.71. The van der Waals surface area contributed by atoms with E-state index in [1.165, 1.54) is 0 Å². The van der Waals surface area contributed by atoms with Gasteiger partial charge in [-0.2, -0.15) is 0 Å². The van der Waals surface area contributed by atoms with Gasteiger partial charge in [0.2, 0.25) is 0 Å². The summed E-state index contributed by atoms with van der Waals surface area (Å²) in [6, 6.07) is 18.4. The standard InChI is InChI=1S/C23H20N4O2S2/c28-22(25-14-18-7-3-11-30-18)16-5-1-6-17(13-16)27-21-20(9-2-10-24-21)23(29)26-15-19-8-4-12-31-19/h1-13H,14-15H2,(H,24,27)(H,25,28)(H,26,29). The number of carbonyl (C=O) groups excluding carboxylic acids is 2. The van der Waals surface area contributed by atoms with Crippen molar-refractivity contribution < 1.29 is 9.59 Å². The lowest BCUT2D eigenvalue weighted by Crippen LogP contribution is -2.23. The third-order valence-corrected chi connectivity index (χ3v) is 6.20. The molecule has 0 saturated heterocycles. The van der Waals surface area contributed by atoms with Crippen molar-refractivity contribution in [1.29, 1.82) is 0 Å². The minimum atomic E-state index is -0.214. The van der Waals surface area contributed by atoms with E-state index in [9.17, 15) is 9.59 Å². The maximum atomic E-state index is 12.7. The van der Waals surface area contributed by atoms with Crippen LogP contribution in [0.4, 0.5) is 11.5 Å². The number of nitrogens with one attached hydrogen (secondary N) is 3. The van der Waals surface area contributed by atoms with Crippen molar-refractivity contribution >= 4 is 46.0 Å². The van der Waals surface area contributed by atoms with Gasteiger partial charge in [-0.15, -0.1) is 22.7 Å². The molecule has 0 aliphatic rings. The second-order valence-electron chi connectivity index (χ2n) is 6.63. The summed E-state index contributed by atoms with van der Waals surface area (Å²) in [5, 5.41) is 13.0. The summed E-state index contributed by atoms with van der Waals surface area (Å²) in [5.41, 5.74) is 1.64. The number of thiophene rings is 2. The minimum Gasteiger partial charge on any atom is -0.347 e. The van der Waals surface area contributed by atoms with E-state index in [2.05, 4.69) is 20.9 Å². The second-order valence-corrected chi connectivity index (χ2v) is 8.69. The zero-order valence-corrected chi connectivity index (χ0v) is 18.1. The average molecular weight is 449 g/mol. The molecular weight excluding hydrogens is 428 g/mol. The summed E-state index contributed by atoms with van der Waals surface area (Å²) in [5.74, 6) is 0.0585. The van der Waals surface area contributed by atoms with Crippen molar-refractivity contribution in [3.05, 3.63) is 98.5 Å². The van der Waals surface area contributed by atoms with Gasteiger partial charge < -0.3 is 16.0 Å². The molecule has 0 unspecified atom stereocenters. The van der Waals surface area contributed by atoms with E-state index >= 15 is 0 Å². The topological polar surface area (TPSA) is 83.1 Å². The fourth-order valence-corrected chi connectivity index (χ4v) is 4.21. The van der Waals surface area contributed by atoms with Gasteiger partial charge in [0, 0.05) is 27.2 Å². The number of carbonyl (C=O) groups is 2. The van der Waals surface area contributed by atoms with Crippen LogP contribution < -0.4 is 16.0 Å². The Hall–Kier alpha value is -3.49. The Morgan fingerprint density at radius 1 is 0.806 bits per heavy atom. The fourth-order valence-electron chi connectivity index (χ4n) is 2.92. The SMILES string of the molecule is O=C(NCc1cccs1)c1cccc(Nc2ncccc2C(=O)NCc2cccs2)c1. The van der Waals surface area contributed by atoms with Crippen LogP contribution in [0, 0.1) is 0 Å². The number of hydrogen-bond acceptors (Lipinski definition) is 6. The van der Waals surface area contributed by atoms with Gasteiger partial charge in [-0.05, 0) is 53.2 Å². The second kappa shape index (κ2) is 10.0. The van der Waals surface area contributed by atoms with E-state index in [0.717, 1.165) is 9.75 Å². The number of amides is 2. The Balaban J connectivity index is 1.43. The molecule has 2 amide bonds. The molecule has 3 aromatic heterocycles. The van der Waals surface area contributed by atoms with Crippen LogP contribution >= 0.6 is 22.7 Å². The molecule has 0 atom stereocenters. The smallest absolute Gasteiger partial charge is 0.255 e. The molecule has 4 rings (SSSR count). The quantitative estimate of drug-likeness (QED) is 0.361. The first kappa shape index (κ1) is 20.8. The van der Waals surface area contributed by atoms with Crippen LogP contribution in [-0.2, 0) is 13.1 Å². The third kappa shape index (κ3) is 5.56. The van der Waals surface area contributed by atoms with Gasteiger partial charge in [-0.25, -0.2) is 4.98 Å². The van der Waals surface area contributed by atoms with E-state index in [1.807, 2.05) is 41.1 Å². The first-order chi connectivity index (χ1) is 15.2. The van der Waals surface area contributed by atoms with Gasteiger partial charge in [0.25, 0.3) is 11.8 Å². The van der Waals surface area contributed by atoms with Crippen LogP contribution in [0.5, 0.6) is 0 Å². The Morgan fingerprint density at radius 2 is 1.52 bits per heavy atom. The number of aromatic nitrogens is 1. The maximum absolute atomic E-state index is 12.7. The predicted molar refractivity (Wildman–Crippen MR) is 125 cm³/mol. The molecule has 0 aliphatic carbocycles. The Morgan fingerprint density at radius 3 is 2.19 bits per heavy atom. The molecule has 0 spiro atoms. The molecule has 0 bridgehead atoms. The van der Waals surface area contributed by atoms with E-state index in [4.69, 9.17) is 0 Å². The summed E-state index contributed by atoms with van der Waals surface area (Å²) < 4.78 is 0. The normalized spacial score (nSPS) is 10.5. The van der Waals surface area contributed by atoms with Crippen molar-refractivity contribution in [3.63, 3.8) is 0 Å². The van der Waals surface area contributed by atoms with Crippen molar-refractivity contribution in [3.8, 4) is 0 Å². The highest BCUT2D eigenvalue weighted by molar-refractivity contribution is 7.10. The molecule has 0 aliphatic heterocycles. The highest BCUT2D eigenvalue weighted by atomic mass is 32.1. The number of rotatable bonds is 8. The molecule has 31 heavy (non-hydrogen) atoms. The summed E-state index contributed by atoms with van der Waals surface area (Å²) in [6.07, 6.45) is 1.62. The monoisotopic (exact) mass is 448 g/mol. The molecule has 3 N–H and O–H groups in total. The largest absolute Gasteiger partial charge is 0.347 e. The summed E-state index contributed by atoms with van der Waals surface area (Å²) >= 11 is 3.19. The Bertz CT molecular complexity index is 1160. The summed E-state index contributed by atoms with van der Waals surface area (Å²) in [6.45, 7) is 0.952. The van der Waals surface area contributed by atoms with E-state index in [-0.39, 0.29) is 11.8 Å². The Labute approximate surface area is 188 Å².